The molecule has 20 heavy (non-hydrogen) atoms. The van der Waals surface area contributed by atoms with Crippen LogP contribution in [0.4, 0.5) is 13.2 Å². The third kappa shape index (κ3) is 1.43. The van der Waals surface area contributed by atoms with Crippen LogP contribution in [0, 0.1) is 22.0 Å². The number of nitrogens with zero attached hydrogens (tertiary/aromatic N) is 1. The number of fused-ring (bicyclic) bond motifs is 2. The first-order valence-electron chi connectivity index (χ1n) is 6.95. The lowest BCUT2D eigenvalue weighted by Gasteiger charge is -2.44. The third-order valence-electron chi connectivity index (χ3n) is 5.84. The predicted molar refractivity (Wildman–Crippen MR) is 69.4 cm³/mol. The van der Waals surface area contributed by atoms with E-state index in [1.807, 2.05) is 0 Å². The fourth-order valence-corrected chi connectivity index (χ4v) is 4.21. The van der Waals surface area contributed by atoms with E-state index in [2.05, 4.69) is 0 Å². The van der Waals surface area contributed by atoms with Crippen molar-refractivity contribution in [2.75, 3.05) is 0 Å². The first-order valence-corrected chi connectivity index (χ1v) is 6.95. The Labute approximate surface area is 117 Å². The second-order valence-corrected chi connectivity index (χ2v) is 7.16. The molecule has 0 spiro atoms. The Hall–Kier alpha value is -0.780. The van der Waals surface area contributed by atoms with Gasteiger partial charge in [0.25, 0.3) is 0 Å². The lowest BCUT2D eigenvalue weighted by Crippen LogP contribution is -2.63. The summed E-state index contributed by atoms with van der Waals surface area (Å²) in [6.45, 7) is 7.99. The summed E-state index contributed by atoms with van der Waals surface area (Å²) < 4.78 is 41.3. The van der Waals surface area contributed by atoms with Crippen LogP contribution < -0.4 is 0 Å². The summed E-state index contributed by atoms with van der Waals surface area (Å²) >= 11 is 0. The molecule has 0 heterocycles. The summed E-state index contributed by atoms with van der Waals surface area (Å²) in [7, 11) is 0. The van der Waals surface area contributed by atoms with Crippen molar-refractivity contribution in [1.82, 2.24) is 0 Å². The largest absolute Gasteiger partial charge is 0.624 e. The molecule has 2 rings (SSSR count). The van der Waals surface area contributed by atoms with Crippen molar-refractivity contribution < 1.29 is 23.0 Å². The zero-order chi connectivity index (χ0) is 15.7. The summed E-state index contributed by atoms with van der Waals surface area (Å²) in [5.74, 6) is -0.529. The molecule has 2 fully saturated rings. The van der Waals surface area contributed by atoms with Gasteiger partial charge >= 0.3 is 6.18 Å². The predicted octanol–water partition coefficient (Wildman–Crippen LogP) is 3.10. The van der Waals surface area contributed by atoms with Crippen LogP contribution >= 0.6 is 0 Å². The Morgan fingerprint density at radius 1 is 1.30 bits per heavy atom. The number of hydrogen-bond acceptors (Lipinski definition) is 2. The molecule has 0 aromatic rings. The quantitative estimate of drug-likeness (QED) is 0.459. The van der Waals surface area contributed by atoms with Gasteiger partial charge in [0.15, 0.2) is 6.04 Å². The maximum atomic E-state index is 13.6. The second kappa shape index (κ2) is 3.90. The van der Waals surface area contributed by atoms with Crippen LogP contribution in [0.15, 0.2) is 0 Å². The van der Waals surface area contributed by atoms with Crippen LogP contribution in [-0.4, -0.2) is 33.4 Å². The Kier molecular flexibility index (Phi) is 3.04. The van der Waals surface area contributed by atoms with E-state index in [9.17, 15) is 23.5 Å². The van der Waals surface area contributed by atoms with E-state index in [0.717, 1.165) is 0 Å². The topological polar surface area (TPSA) is 46.3 Å². The first kappa shape index (κ1) is 15.6. The molecule has 3 nitrogen and oxygen atoms in total. The molecular weight excluding hydrogens is 271 g/mol. The van der Waals surface area contributed by atoms with E-state index in [1.54, 1.807) is 13.8 Å². The highest BCUT2D eigenvalue weighted by atomic mass is 19.4. The number of halogens is 3. The molecule has 116 valence electrons. The smallest absolute Gasteiger partial charge is 0.427 e. The van der Waals surface area contributed by atoms with Crippen molar-refractivity contribution in [3.05, 3.63) is 5.21 Å². The van der Waals surface area contributed by atoms with Crippen molar-refractivity contribution >= 4 is 5.71 Å². The lowest BCUT2D eigenvalue weighted by molar-refractivity contribution is -0.502. The Balaban J connectivity index is 2.79. The number of alkyl halides is 3. The minimum absolute atomic E-state index is 0.274. The summed E-state index contributed by atoms with van der Waals surface area (Å²) in [5.41, 5.74) is -5.54. The fourth-order valence-electron chi connectivity index (χ4n) is 4.21. The van der Waals surface area contributed by atoms with E-state index < -0.39 is 40.3 Å². The molecule has 1 unspecified atom stereocenters. The molecule has 0 amide bonds. The van der Waals surface area contributed by atoms with Gasteiger partial charge < -0.3 is 10.3 Å². The molecule has 2 aliphatic rings. The average molecular weight is 293 g/mol. The van der Waals surface area contributed by atoms with Gasteiger partial charge in [0.1, 0.15) is 0 Å². The van der Waals surface area contributed by atoms with Crippen molar-refractivity contribution in [2.24, 2.45) is 16.7 Å². The summed E-state index contributed by atoms with van der Waals surface area (Å²) in [6, 6.07) is -0.627. The normalized spacial score (nSPS) is 42.4. The standard InChI is InChI=1S/C14H22F3NO2/c1-8(2)18(20)10-9-6-7-12(5,11(9,3)4)13(10,19)14(15,16)17/h8-9,19H,6-7H2,1-5H3/b18-10-/t9?,12-,13-/m1/s1. The highest BCUT2D eigenvalue weighted by Crippen LogP contribution is 2.71. The molecule has 1 N–H and O–H groups in total. The van der Waals surface area contributed by atoms with Gasteiger partial charge in [0.2, 0.25) is 11.3 Å². The van der Waals surface area contributed by atoms with Crippen LogP contribution in [0.1, 0.15) is 47.5 Å². The first-order chi connectivity index (χ1) is 8.82. The van der Waals surface area contributed by atoms with E-state index >= 15 is 0 Å². The van der Waals surface area contributed by atoms with Crippen LogP contribution in [0.2, 0.25) is 0 Å². The van der Waals surface area contributed by atoms with Crippen LogP contribution in [0.5, 0.6) is 0 Å². The zero-order valence-corrected chi connectivity index (χ0v) is 12.5. The highest BCUT2D eigenvalue weighted by molar-refractivity contribution is 5.97. The molecule has 6 heteroatoms. The van der Waals surface area contributed by atoms with Gasteiger partial charge in [-0.05, 0) is 32.1 Å². The minimum atomic E-state index is -4.85. The Morgan fingerprint density at radius 2 is 1.80 bits per heavy atom. The van der Waals surface area contributed by atoms with Gasteiger partial charge in [-0.3, -0.25) is 0 Å². The molecular formula is C14H22F3NO2. The van der Waals surface area contributed by atoms with Crippen molar-refractivity contribution in [3.8, 4) is 0 Å². The van der Waals surface area contributed by atoms with Crippen LogP contribution in [0.3, 0.4) is 0 Å². The van der Waals surface area contributed by atoms with Gasteiger partial charge in [-0.25, -0.2) is 4.74 Å². The lowest BCUT2D eigenvalue weighted by atomic mass is 9.64. The summed E-state index contributed by atoms with van der Waals surface area (Å²) in [4.78, 5) is 0. The average Bonchev–Trinajstić information content (AvgIpc) is 2.58. The van der Waals surface area contributed by atoms with Crippen molar-refractivity contribution in [1.29, 1.82) is 0 Å². The van der Waals surface area contributed by atoms with Crippen molar-refractivity contribution in [3.63, 3.8) is 0 Å². The van der Waals surface area contributed by atoms with Crippen molar-refractivity contribution in [2.45, 2.75) is 65.3 Å². The number of hydroxylamine groups is 1. The second-order valence-electron chi connectivity index (χ2n) is 7.16. The Bertz CT molecular complexity index is 470. The van der Waals surface area contributed by atoms with Gasteiger partial charge in [-0.2, -0.15) is 13.2 Å². The minimum Gasteiger partial charge on any atom is -0.624 e. The zero-order valence-electron chi connectivity index (χ0n) is 12.5. The molecule has 0 aromatic carbocycles. The molecule has 2 saturated carbocycles. The number of rotatable bonds is 1. The molecule has 0 aromatic heterocycles. The highest BCUT2D eigenvalue weighted by Gasteiger charge is 2.83. The molecule has 0 saturated heterocycles. The number of hydrogen-bond donors (Lipinski definition) is 1. The molecule has 0 aliphatic heterocycles. The Morgan fingerprint density at radius 3 is 2.20 bits per heavy atom. The molecule has 0 radical (unpaired) electrons. The van der Waals surface area contributed by atoms with Gasteiger partial charge in [-0.15, -0.1) is 0 Å². The van der Waals surface area contributed by atoms with E-state index in [1.165, 1.54) is 20.8 Å². The van der Waals surface area contributed by atoms with E-state index in [-0.39, 0.29) is 6.42 Å². The van der Waals surface area contributed by atoms with E-state index in [0.29, 0.717) is 11.2 Å². The maximum absolute atomic E-state index is 13.6. The van der Waals surface area contributed by atoms with Gasteiger partial charge in [0, 0.05) is 11.3 Å². The third-order valence-corrected chi connectivity index (χ3v) is 5.84. The van der Waals surface area contributed by atoms with Crippen LogP contribution in [0.25, 0.3) is 0 Å². The van der Waals surface area contributed by atoms with E-state index in [4.69, 9.17) is 0 Å². The summed E-state index contributed by atoms with van der Waals surface area (Å²) in [6.07, 6.45) is -4.06. The molecule has 2 aliphatic carbocycles. The monoisotopic (exact) mass is 293 g/mol. The van der Waals surface area contributed by atoms with Gasteiger partial charge in [0.05, 0.1) is 0 Å². The molecule has 3 atom stereocenters. The number of aliphatic hydroxyl groups is 1. The fraction of sp³-hybridized carbons (Fsp3) is 0.929. The van der Waals surface area contributed by atoms with Gasteiger partial charge in [-0.1, -0.05) is 20.8 Å². The maximum Gasteiger partial charge on any atom is 0.427 e. The SMILES string of the molecule is CC(C)/[N+]([O-])=C1\C2CC[C@](C)(C2(C)C)[C@@]1(O)C(F)(F)F. The van der Waals surface area contributed by atoms with Crippen LogP contribution in [-0.2, 0) is 0 Å². The molecule has 2 bridgehead atoms. The summed E-state index contributed by atoms with van der Waals surface area (Å²) in [5, 5.41) is 22.8.